The van der Waals surface area contributed by atoms with Crippen LogP contribution in [0.5, 0.6) is 0 Å². The van der Waals surface area contributed by atoms with Gasteiger partial charge in [-0.3, -0.25) is 4.79 Å². The van der Waals surface area contributed by atoms with E-state index in [0.29, 0.717) is 32.2 Å². The largest absolute Gasteiger partial charge is 0.467 e. The molecule has 0 fully saturated rings. The summed E-state index contributed by atoms with van der Waals surface area (Å²) >= 11 is 0. The van der Waals surface area contributed by atoms with E-state index in [-0.39, 0.29) is 24.3 Å². The van der Waals surface area contributed by atoms with Crippen molar-refractivity contribution in [1.82, 2.24) is 10.6 Å². The first-order chi connectivity index (χ1) is 17.3. The van der Waals surface area contributed by atoms with Gasteiger partial charge in [-0.1, -0.05) is 62.4 Å². The minimum absolute atomic E-state index is 0.00893. The Morgan fingerprint density at radius 3 is 2.17 bits per heavy atom. The molecule has 0 unspecified atom stereocenters. The third-order valence-electron chi connectivity index (χ3n) is 6.40. The molecule has 2 aromatic rings. The lowest BCUT2D eigenvalue weighted by molar-refractivity contribution is -0.145. The fraction of sp³-hybridized carbons (Fsp3) is 0.464. The summed E-state index contributed by atoms with van der Waals surface area (Å²) in [6, 6.07) is 14.9. The molecule has 8 heteroatoms. The Hall–Kier alpha value is -3.39. The van der Waals surface area contributed by atoms with Crippen LogP contribution in [0.3, 0.4) is 0 Å². The van der Waals surface area contributed by atoms with Gasteiger partial charge in [0, 0.05) is 12.5 Å². The second kappa shape index (κ2) is 13.1. The summed E-state index contributed by atoms with van der Waals surface area (Å²) < 4.78 is 10.4. The number of carbonyl (C=O) groups is 3. The van der Waals surface area contributed by atoms with Crippen molar-refractivity contribution in [3.8, 4) is 11.1 Å². The zero-order valence-electron chi connectivity index (χ0n) is 21.3. The Balaban J connectivity index is 1.41. The topological polar surface area (TPSA) is 120 Å². The standard InChI is InChI=1S/C28H37N3O5/c1-18(2)16-24(29)26(32)31-25(27(33)35-3)14-8-9-15-30-28(34)36-17-23-21-12-6-4-10-19(21)20-11-5-7-13-22(20)23/h4-7,10-13,18,23-25H,8-9,14-17,29H2,1-3H3,(H,30,34)(H,31,32)/t24-,25-/m0/s1. The molecule has 0 bridgehead atoms. The monoisotopic (exact) mass is 495 g/mol. The number of hydrogen-bond acceptors (Lipinski definition) is 6. The minimum atomic E-state index is -0.768. The first-order valence-corrected chi connectivity index (χ1v) is 12.5. The Labute approximate surface area is 212 Å². The third-order valence-corrected chi connectivity index (χ3v) is 6.40. The maximum atomic E-state index is 12.3. The highest BCUT2D eigenvalue weighted by Gasteiger charge is 2.29. The zero-order chi connectivity index (χ0) is 26.1. The molecule has 0 saturated heterocycles. The van der Waals surface area contributed by atoms with E-state index in [9.17, 15) is 14.4 Å². The first-order valence-electron chi connectivity index (χ1n) is 12.5. The lowest BCUT2D eigenvalue weighted by Gasteiger charge is -2.20. The van der Waals surface area contributed by atoms with Gasteiger partial charge in [-0.05, 0) is 53.9 Å². The Kier molecular flexibility index (Phi) is 9.87. The van der Waals surface area contributed by atoms with E-state index in [1.165, 1.54) is 18.2 Å². The molecule has 1 aliphatic carbocycles. The number of unbranched alkanes of at least 4 members (excludes halogenated alkanes) is 1. The number of alkyl carbamates (subject to hydrolysis) is 1. The van der Waals surface area contributed by atoms with E-state index in [2.05, 4.69) is 34.9 Å². The van der Waals surface area contributed by atoms with Gasteiger partial charge in [0.1, 0.15) is 12.6 Å². The molecule has 1 aliphatic rings. The smallest absolute Gasteiger partial charge is 0.407 e. The Morgan fingerprint density at radius 2 is 1.58 bits per heavy atom. The van der Waals surface area contributed by atoms with E-state index >= 15 is 0 Å². The van der Waals surface area contributed by atoms with Gasteiger partial charge in [0.15, 0.2) is 0 Å². The Bertz CT molecular complexity index is 1010. The summed E-state index contributed by atoms with van der Waals surface area (Å²) in [6.07, 6.45) is 1.66. The van der Waals surface area contributed by atoms with E-state index in [4.69, 9.17) is 15.2 Å². The van der Waals surface area contributed by atoms with Crippen molar-refractivity contribution >= 4 is 18.0 Å². The van der Waals surface area contributed by atoms with E-state index in [0.717, 1.165) is 11.1 Å². The minimum Gasteiger partial charge on any atom is -0.467 e. The predicted octanol–water partition coefficient (Wildman–Crippen LogP) is 3.73. The fourth-order valence-corrected chi connectivity index (χ4v) is 4.60. The van der Waals surface area contributed by atoms with Crippen LogP contribution in [-0.2, 0) is 19.1 Å². The van der Waals surface area contributed by atoms with Gasteiger partial charge in [0.2, 0.25) is 5.91 Å². The van der Waals surface area contributed by atoms with Crippen LogP contribution in [0.2, 0.25) is 0 Å². The second-order valence-electron chi connectivity index (χ2n) is 9.57. The van der Waals surface area contributed by atoms with Crippen molar-refractivity contribution in [2.75, 3.05) is 20.3 Å². The Morgan fingerprint density at radius 1 is 0.972 bits per heavy atom. The SMILES string of the molecule is COC(=O)[C@H](CCCCNC(=O)OCC1c2ccccc2-c2ccccc21)NC(=O)[C@@H](N)CC(C)C. The molecule has 4 N–H and O–H groups in total. The van der Waals surface area contributed by atoms with Crippen molar-refractivity contribution < 1.29 is 23.9 Å². The molecule has 36 heavy (non-hydrogen) atoms. The number of benzene rings is 2. The summed E-state index contributed by atoms with van der Waals surface area (Å²) in [5.41, 5.74) is 10.6. The number of carbonyl (C=O) groups excluding carboxylic acids is 3. The highest BCUT2D eigenvalue weighted by molar-refractivity contribution is 5.87. The second-order valence-corrected chi connectivity index (χ2v) is 9.57. The third kappa shape index (κ3) is 7.07. The summed E-state index contributed by atoms with van der Waals surface area (Å²) in [7, 11) is 1.29. The lowest BCUT2D eigenvalue weighted by atomic mass is 9.98. The van der Waals surface area contributed by atoms with Crippen LogP contribution >= 0.6 is 0 Å². The number of esters is 1. The van der Waals surface area contributed by atoms with Crippen LogP contribution in [0.15, 0.2) is 48.5 Å². The van der Waals surface area contributed by atoms with Crippen LogP contribution in [0.4, 0.5) is 4.79 Å². The molecule has 2 aromatic carbocycles. The summed E-state index contributed by atoms with van der Waals surface area (Å²) in [6.45, 7) is 4.61. The number of nitrogens with two attached hydrogens (primary N) is 1. The van der Waals surface area contributed by atoms with Gasteiger partial charge >= 0.3 is 12.1 Å². The number of rotatable bonds is 12. The average Bonchev–Trinajstić information content (AvgIpc) is 3.19. The van der Waals surface area contributed by atoms with Crippen LogP contribution in [-0.4, -0.2) is 50.3 Å². The molecule has 3 rings (SSSR count). The average molecular weight is 496 g/mol. The molecule has 2 atom stereocenters. The molecule has 2 amide bonds. The highest BCUT2D eigenvalue weighted by atomic mass is 16.5. The molecular formula is C28H37N3O5. The molecule has 0 heterocycles. The van der Waals surface area contributed by atoms with Crippen molar-refractivity contribution in [3.05, 3.63) is 59.7 Å². The van der Waals surface area contributed by atoms with E-state index in [1.54, 1.807) is 0 Å². The van der Waals surface area contributed by atoms with E-state index < -0.39 is 24.1 Å². The van der Waals surface area contributed by atoms with Gasteiger partial charge in [-0.2, -0.15) is 0 Å². The molecule has 0 saturated carbocycles. The molecule has 0 radical (unpaired) electrons. The number of methoxy groups -OCH3 is 1. The van der Waals surface area contributed by atoms with Crippen molar-refractivity contribution in [1.29, 1.82) is 0 Å². The molecule has 8 nitrogen and oxygen atoms in total. The fourth-order valence-electron chi connectivity index (χ4n) is 4.60. The normalized spacial score (nSPS) is 13.9. The van der Waals surface area contributed by atoms with Crippen LogP contribution < -0.4 is 16.4 Å². The maximum absolute atomic E-state index is 12.3. The predicted molar refractivity (Wildman–Crippen MR) is 138 cm³/mol. The number of nitrogens with one attached hydrogen (secondary N) is 2. The summed E-state index contributed by atoms with van der Waals surface area (Å²) in [4.78, 5) is 36.7. The lowest BCUT2D eigenvalue weighted by Crippen LogP contribution is -2.49. The molecule has 0 aromatic heterocycles. The molecule has 194 valence electrons. The molecule has 0 spiro atoms. The van der Waals surface area contributed by atoms with Crippen LogP contribution in [0.25, 0.3) is 11.1 Å². The van der Waals surface area contributed by atoms with Crippen LogP contribution in [0, 0.1) is 5.92 Å². The van der Waals surface area contributed by atoms with Crippen LogP contribution in [0.1, 0.15) is 56.6 Å². The molecule has 0 aliphatic heterocycles. The first kappa shape index (κ1) is 27.2. The van der Waals surface area contributed by atoms with Crippen molar-refractivity contribution in [2.24, 2.45) is 11.7 Å². The number of hydrogen-bond donors (Lipinski definition) is 3. The van der Waals surface area contributed by atoms with Crippen molar-refractivity contribution in [3.63, 3.8) is 0 Å². The van der Waals surface area contributed by atoms with Gasteiger partial charge in [0.25, 0.3) is 0 Å². The van der Waals surface area contributed by atoms with Gasteiger partial charge in [0.05, 0.1) is 13.2 Å². The number of fused-ring (bicyclic) bond motifs is 3. The van der Waals surface area contributed by atoms with Crippen molar-refractivity contribution in [2.45, 2.75) is 57.5 Å². The zero-order valence-corrected chi connectivity index (χ0v) is 21.3. The van der Waals surface area contributed by atoms with Gasteiger partial charge in [-0.25, -0.2) is 9.59 Å². The maximum Gasteiger partial charge on any atom is 0.407 e. The van der Waals surface area contributed by atoms with Gasteiger partial charge in [-0.15, -0.1) is 0 Å². The summed E-state index contributed by atoms with van der Waals surface area (Å²) in [5.74, 6) is -0.596. The molecular weight excluding hydrogens is 458 g/mol. The van der Waals surface area contributed by atoms with E-state index in [1.807, 2.05) is 38.1 Å². The number of amides is 2. The van der Waals surface area contributed by atoms with Gasteiger partial charge < -0.3 is 25.8 Å². The quantitative estimate of drug-likeness (QED) is 0.305. The summed E-state index contributed by atoms with van der Waals surface area (Å²) in [5, 5.41) is 5.46. The highest BCUT2D eigenvalue weighted by Crippen LogP contribution is 2.44. The number of ether oxygens (including phenoxy) is 2.